The molecule has 1 saturated carbocycles. The zero-order chi connectivity index (χ0) is 13.8. The monoisotopic (exact) mass is 257 g/mol. The van der Waals surface area contributed by atoms with Crippen molar-refractivity contribution in [1.82, 2.24) is 5.32 Å². The van der Waals surface area contributed by atoms with Crippen molar-refractivity contribution in [3.63, 3.8) is 0 Å². The van der Waals surface area contributed by atoms with Crippen molar-refractivity contribution in [2.24, 2.45) is 5.41 Å². The number of hydrogen-bond acceptors (Lipinski definition) is 4. The summed E-state index contributed by atoms with van der Waals surface area (Å²) < 4.78 is 4.85. The lowest BCUT2D eigenvalue weighted by Gasteiger charge is -2.18. The fraction of sp³-hybridized carbons (Fsp3) is 0.750. The molecule has 0 spiro atoms. The molecule has 18 heavy (non-hydrogen) atoms. The van der Waals surface area contributed by atoms with Gasteiger partial charge < -0.3 is 15.2 Å². The van der Waals surface area contributed by atoms with Crippen molar-refractivity contribution < 1.29 is 24.2 Å². The van der Waals surface area contributed by atoms with Crippen LogP contribution in [-0.2, 0) is 19.1 Å². The van der Waals surface area contributed by atoms with Gasteiger partial charge in [0.25, 0.3) is 0 Å². The van der Waals surface area contributed by atoms with Gasteiger partial charge >= 0.3 is 11.9 Å². The van der Waals surface area contributed by atoms with Crippen molar-refractivity contribution in [2.45, 2.75) is 45.6 Å². The average molecular weight is 257 g/mol. The maximum atomic E-state index is 12.0. The summed E-state index contributed by atoms with van der Waals surface area (Å²) in [7, 11) is 0. The molecule has 0 aliphatic heterocycles. The van der Waals surface area contributed by atoms with Crippen molar-refractivity contribution in [1.29, 1.82) is 0 Å². The first-order chi connectivity index (χ1) is 8.47. The lowest BCUT2D eigenvalue weighted by Crippen LogP contribution is -2.46. The maximum Gasteiger partial charge on any atom is 0.326 e. The van der Waals surface area contributed by atoms with Crippen molar-refractivity contribution in [2.75, 3.05) is 6.61 Å². The third-order valence-corrected chi connectivity index (χ3v) is 3.03. The summed E-state index contributed by atoms with van der Waals surface area (Å²) >= 11 is 0. The summed E-state index contributed by atoms with van der Waals surface area (Å²) in [5.74, 6) is -2.16. The lowest BCUT2D eigenvalue weighted by molar-refractivity contribution is -0.155. The van der Waals surface area contributed by atoms with Gasteiger partial charge in [0, 0.05) is 0 Å². The topological polar surface area (TPSA) is 92.7 Å². The number of rotatable bonds is 7. The van der Waals surface area contributed by atoms with Gasteiger partial charge in [-0.1, -0.05) is 13.3 Å². The molecule has 6 heteroatoms. The number of hydrogen-bond donors (Lipinski definition) is 2. The molecule has 1 rings (SSSR count). The lowest BCUT2D eigenvalue weighted by atomic mass is 10.0. The van der Waals surface area contributed by atoms with Gasteiger partial charge in [0.1, 0.15) is 11.5 Å². The Morgan fingerprint density at radius 3 is 2.33 bits per heavy atom. The molecule has 1 atom stereocenters. The van der Waals surface area contributed by atoms with Crippen LogP contribution in [0.15, 0.2) is 0 Å². The van der Waals surface area contributed by atoms with E-state index in [2.05, 4.69) is 5.32 Å². The zero-order valence-corrected chi connectivity index (χ0v) is 10.7. The quantitative estimate of drug-likeness (QED) is 0.517. The van der Waals surface area contributed by atoms with E-state index in [-0.39, 0.29) is 6.61 Å². The molecule has 0 aromatic carbocycles. The van der Waals surface area contributed by atoms with Crippen LogP contribution < -0.4 is 5.32 Å². The van der Waals surface area contributed by atoms with E-state index in [1.807, 2.05) is 6.92 Å². The molecule has 1 unspecified atom stereocenters. The highest BCUT2D eigenvalue weighted by Crippen LogP contribution is 2.47. The first-order valence-electron chi connectivity index (χ1n) is 6.19. The zero-order valence-electron chi connectivity index (χ0n) is 10.7. The predicted molar refractivity (Wildman–Crippen MR) is 62.8 cm³/mol. The van der Waals surface area contributed by atoms with E-state index in [0.29, 0.717) is 25.7 Å². The third-order valence-electron chi connectivity index (χ3n) is 3.03. The fourth-order valence-electron chi connectivity index (χ4n) is 1.76. The molecular weight excluding hydrogens is 238 g/mol. The van der Waals surface area contributed by atoms with E-state index in [9.17, 15) is 14.4 Å². The molecule has 1 aliphatic carbocycles. The number of carbonyl (C=O) groups is 3. The molecule has 0 aromatic rings. The Labute approximate surface area is 106 Å². The van der Waals surface area contributed by atoms with Gasteiger partial charge in [0.2, 0.25) is 5.91 Å². The fourth-order valence-corrected chi connectivity index (χ4v) is 1.76. The Bertz CT molecular complexity index is 348. The Morgan fingerprint density at radius 2 is 1.94 bits per heavy atom. The van der Waals surface area contributed by atoms with Gasteiger partial charge in [-0.25, -0.2) is 4.79 Å². The highest BCUT2D eigenvalue weighted by atomic mass is 16.5. The van der Waals surface area contributed by atoms with E-state index in [0.717, 1.165) is 0 Å². The second kappa shape index (κ2) is 5.84. The Kier molecular flexibility index (Phi) is 4.69. The molecule has 1 fully saturated rings. The number of aliphatic carboxylic acids is 1. The van der Waals surface area contributed by atoms with Gasteiger partial charge in [-0.2, -0.15) is 0 Å². The average Bonchev–Trinajstić information content (AvgIpc) is 3.09. The summed E-state index contributed by atoms with van der Waals surface area (Å²) in [5.41, 5.74) is -1.14. The van der Waals surface area contributed by atoms with Crippen LogP contribution in [0.5, 0.6) is 0 Å². The smallest absolute Gasteiger partial charge is 0.326 e. The molecule has 6 nitrogen and oxygen atoms in total. The molecule has 102 valence electrons. The molecule has 0 bridgehead atoms. The second-order valence-electron chi connectivity index (χ2n) is 4.46. The molecule has 2 N–H and O–H groups in total. The molecule has 0 aromatic heterocycles. The standard InChI is InChI=1S/C12H19NO5/c1-3-5-8(9(14)15)13-10(16)12(6-7-12)11(17)18-4-2/h8H,3-7H2,1-2H3,(H,13,16)(H,14,15). The predicted octanol–water partition coefficient (Wildman–Crippen LogP) is 0.699. The first-order valence-corrected chi connectivity index (χ1v) is 6.19. The third kappa shape index (κ3) is 3.00. The molecular formula is C12H19NO5. The number of esters is 1. The van der Waals surface area contributed by atoms with Gasteiger partial charge in [0.15, 0.2) is 0 Å². The van der Waals surface area contributed by atoms with Crippen molar-refractivity contribution in [3.8, 4) is 0 Å². The molecule has 0 saturated heterocycles. The van der Waals surface area contributed by atoms with Crippen molar-refractivity contribution >= 4 is 17.8 Å². The molecule has 1 amide bonds. The van der Waals surface area contributed by atoms with Crippen LogP contribution in [0.2, 0.25) is 0 Å². The summed E-state index contributed by atoms with van der Waals surface area (Å²) in [5, 5.41) is 11.4. The summed E-state index contributed by atoms with van der Waals surface area (Å²) in [6.07, 6.45) is 1.84. The van der Waals surface area contributed by atoms with Gasteiger partial charge in [0.05, 0.1) is 6.61 Å². The van der Waals surface area contributed by atoms with Crippen LogP contribution >= 0.6 is 0 Å². The Hall–Kier alpha value is -1.59. The highest BCUT2D eigenvalue weighted by molar-refractivity contribution is 6.06. The molecule has 0 radical (unpaired) electrons. The van der Waals surface area contributed by atoms with Crippen LogP contribution in [0.3, 0.4) is 0 Å². The van der Waals surface area contributed by atoms with E-state index >= 15 is 0 Å². The van der Waals surface area contributed by atoms with Gasteiger partial charge in [-0.3, -0.25) is 9.59 Å². The minimum Gasteiger partial charge on any atom is -0.480 e. The van der Waals surface area contributed by atoms with E-state index in [1.54, 1.807) is 6.92 Å². The molecule has 0 heterocycles. The number of ether oxygens (including phenoxy) is 1. The van der Waals surface area contributed by atoms with Crippen LogP contribution in [0.25, 0.3) is 0 Å². The van der Waals surface area contributed by atoms with Gasteiger partial charge in [-0.15, -0.1) is 0 Å². The number of carboxylic acid groups (broad SMARTS) is 1. The number of carbonyl (C=O) groups excluding carboxylic acids is 2. The second-order valence-corrected chi connectivity index (χ2v) is 4.46. The van der Waals surface area contributed by atoms with Gasteiger partial charge in [-0.05, 0) is 26.2 Å². The summed E-state index contributed by atoms with van der Waals surface area (Å²) in [4.78, 5) is 34.5. The SMILES string of the molecule is CCCC(NC(=O)C1(C(=O)OCC)CC1)C(=O)O. The van der Waals surface area contributed by atoms with E-state index < -0.39 is 29.3 Å². The normalized spacial score (nSPS) is 17.7. The Balaban J connectivity index is 2.64. The van der Waals surface area contributed by atoms with E-state index in [4.69, 9.17) is 9.84 Å². The minimum atomic E-state index is -1.14. The highest BCUT2D eigenvalue weighted by Gasteiger charge is 2.58. The number of nitrogens with one attached hydrogen (secondary N) is 1. The van der Waals surface area contributed by atoms with Crippen molar-refractivity contribution in [3.05, 3.63) is 0 Å². The first kappa shape index (κ1) is 14.5. The Morgan fingerprint density at radius 1 is 1.33 bits per heavy atom. The summed E-state index contributed by atoms with van der Waals surface area (Å²) in [6.45, 7) is 3.72. The van der Waals surface area contributed by atoms with Crippen LogP contribution in [-0.4, -0.2) is 35.6 Å². The number of carboxylic acids is 1. The largest absolute Gasteiger partial charge is 0.480 e. The van der Waals surface area contributed by atoms with Crippen LogP contribution in [0.4, 0.5) is 0 Å². The maximum absolute atomic E-state index is 12.0. The molecule has 1 aliphatic rings. The number of amides is 1. The van der Waals surface area contributed by atoms with Crippen LogP contribution in [0, 0.1) is 5.41 Å². The van der Waals surface area contributed by atoms with Crippen LogP contribution in [0.1, 0.15) is 39.5 Å². The summed E-state index contributed by atoms with van der Waals surface area (Å²) in [6, 6.07) is -0.936. The minimum absolute atomic E-state index is 0.213. The van der Waals surface area contributed by atoms with E-state index in [1.165, 1.54) is 0 Å².